The van der Waals surface area contributed by atoms with Crippen molar-refractivity contribution in [1.82, 2.24) is 9.55 Å². The minimum absolute atomic E-state index is 0.0495. The average Bonchev–Trinajstić information content (AvgIpc) is 3.26. The Labute approximate surface area is 171 Å². The molecular formula is C21H19BrN4O2. The zero-order valence-electron chi connectivity index (χ0n) is 15.3. The summed E-state index contributed by atoms with van der Waals surface area (Å²) in [6.07, 6.45) is 1.86. The number of hydrogen-bond donors (Lipinski definition) is 1. The maximum absolute atomic E-state index is 12.9. The highest BCUT2D eigenvalue weighted by molar-refractivity contribution is 9.10. The van der Waals surface area contributed by atoms with E-state index in [9.17, 15) is 9.59 Å². The van der Waals surface area contributed by atoms with Gasteiger partial charge in [0.1, 0.15) is 11.5 Å². The molecule has 6 nitrogen and oxygen atoms in total. The zero-order chi connectivity index (χ0) is 19.7. The van der Waals surface area contributed by atoms with Gasteiger partial charge in [-0.05, 0) is 18.2 Å². The molecule has 1 N–H and O–H groups in total. The quantitative estimate of drug-likeness (QED) is 0.672. The molecule has 1 saturated heterocycles. The van der Waals surface area contributed by atoms with Crippen LogP contribution in [0, 0.1) is 5.92 Å². The van der Waals surface area contributed by atoms with Crippen molar-refractivity contribution in [2.75, 3.05) is 16.8 Å². The first-order chi connectivity index (χ1) is 13.5. The number of nitrogens with zero attached hydrogens (tertiary/aromatic N) is 3. The Balaban J connectivity index is 1.53. The van der Waals surface area contributed by atoms with E-state index in [1.165, 1.54) is 0 Å². The molecule has 0 aliphatic carbocycles. The topological polar surface area (TPSA) is 67.2 Å². The number of halogens is 1. The molecule has 1 aliphatic heterocycles. The van der Waals surface area contributed by atoms with Crippen LogP contribution >= 0.6 is 15.9 Å². The Morgan fingerprint density at radius 2 is 1.96 bits per heavy atom. The Bertz CT molecular complexity index is 1030. The van der Waals surface area contributed by atoms with E-state index in [0.29, 0.717) is 18.1 Å². The number of amides is 2. The number of aryl methyl sites for hydroxylation is 1. The molecule has 28 heavy (non-hydrogen) atoms. The van der Waals surface area contributed by atoms with Crippen molar-refractivity contribution in [2.24, 2.45) is 13.0 Å². The first-order valence-corrected chi connectivity index (χ1v) is 9.76. The van der Waals surface area contributed by atoms with E-state index in [-0.39, 0.29) is 18.2 Å². The summed E-state index contributed by atoms with van der Waals surface area (Å²) < 4.78 is 2.68. The lowest BCUT2D eigenvalue weighted by molar-refractivity contribution is -0.122. The lowest BCUT2D eigenvalue weighted by Crippen LogP contribution is -2.28. The molecule has 0 saturated carbocycles. The fourth-order valence-electron chi connectivity index (χ4n) is 3.38. The predicted octanol–water partition coefficient (Wildman–Crippen LogP) is 3.84. The van der Waals surface area contributed by atoms with Crippen molar-refractivity contribution in [3.63, 3.8) is 0 Å². The number of nitrogens with one attached hydrogen (secondary N) is 1. The Morgan fingerprint density at radius 1 is 1.18 bits per heavy atom. The van der Waals surface area contributed by atoms with Crippen LogP contribution in [0.4, 0.5) is 11.5 Å². The van der Waals surface area contributed by atoms with Crippen LogP contribution in [-0.4, -0.2) is 27.9 Å². The van der Waals surface area contributed by atoms with Gasteiger partial charge in [-0.25, -0.2) is 4.98 Å². The Morgan fingerprint density at radius 3 is 2.71 bits per heavy atom. The molecule has 4 rings (SSSR count). The first kappa shape index (κ1) is 18.4. The standard InChI is InChI=1S/C21H19BrN4O2/c1-25-13-23-19(14-6-3-2-4-7-14)20(25)24-21(28)15-10-18(27)26(12-15)17-9-5-8-16(22)11-17/h2-9,11,13,15H,10,12H2,1H3,(H,24,28). The molecule has 1 fully saturated rings. The largest absolute Gasteiger partial charge is 0.320 e. The van der Waals surface area contributed by atoms with Gasteiger partial charge in [-0.2, -0.15) is 0 Å². The van der Waals surface area contributed by atoms with E-state index in [2.05, 4.69) is 26.2 Å². The Hall–Kier alpha value is -2.93. The van der Waals surface area contributed by atoms with Crippen molar-refractivity contribution in [3.8, 4) is 11.3 Å². The molecule has 2 heterocycles. The molecule has 3 aromatic rings. The minimum Gasteiger partial charge on any atom is -0.320 e. The molecule has 0 spiro atoms. The molecule has 1 aromatic heterocycles. The van der Waals surface area contributed by atoms with Crippen LogP contribution in [-0.2, 0) is 16.6 Å². The summed E-state index contributed by atoms with van der Waals surface area (Å²) in [4.78, 5) is 31.5. The van der Waals surface area contributed by atoms with Gasteiger partial charge >= 0.3 is 0 Å². The van der Waals surface area contributed by atoms with Gasteiger partial charge in [-0.15, -0.1) is 0 Å². The van der Waals surface area contributed by atoms with Crippen molar-refractivity contribution >= 4 is 39.2 Å². The molecule has 1 atom stereocenters. The van der Waals surface area contributed by atoms with E-state index in [0.717, 1.165) is 15.7 Å². The summed E-state index contributed by atoms with van der Waals surface area (Å²) in [6.45, 7) is 0.361. The maximum Gasteiger partial charge on any atom is 0.230 e. The number of anilines is 2. The monoisotopic (exact) mass is 438 g/mol. The van der Waals surface area contributed by atoms with Gasteiger partial charge in [0, 0.05) is 35.7 Å². The lowest BCUT2D eigenvalue weighted by Gasteiger charge is -2.17. The number of imidazole rings is 1. The van der Waals surface area contributed by atoms with Crippen LogP contribution in [0.2, 0.25) is 0 Å². The summed E-state index contributed by atoms with van der Waals surface area (Å²) in [6, 6.07) is 17.2. The van der Waals surface area contributed by atoms with Crippen LogP contribution in [0.1, 0.15) is 6.42 Å². The highest BCUT2D eigenvalue weighted by Gasteiger charge is 2.35. The second-order valence-corrected chi connectivity index (χ2v) is 7.71. The number of rotatable bonds is 4. The Kier molecular flexibility index (Phi) is 5.00. The molecular weight excluding hydrogens is 420 g/mol. The third-order valence-electron chi connectivity index (χ3n) is 4.84. The van der Waals surface area contributed by atoms with E-state index in [1.54, 1.807) is 15.8 Å². The fourth-order valence-corrected chi connectivity index (χ4v) is 3.77. The molecule has 2 aromatic carbocycles. The highest BCUT2D eigenvalue weighted by atomic mass is 79.9. The minimum atomic E-state index is -0.412. The van der Waals surface area contributed by atoms with E-state index in [1.807, 2.05) is 61.6 Å². The van der Waals surface area contributed by atoms with Crippen molar-refractivity contribution < 1.29 is 9.59 Å². The van der Waals surface area contributed by atoms with Crippen LogP contribution in [0.25, 0.3) is 11.3 Å². The van der Waals surface area contributed by atoms with Crippen LogP contribution < -0.4 is 10.2 Å². The van der Waals surface area contributed by atoms with Gasteiger partial charge < -0.3 is 14.8 Å². The van der Waals surface area contributed by atoms with E-state index < -0.39 is 5.92 Å². The van der Waals surface area contributed by atoms with Gasteiger partial charge in [0.2, 0.25) is 11.8 Å². The fraction of sp³-hybridized carbons (Fsp3) is 0.190. The second-order valence-electron chi connectivity index (χ2n) is 6.79. The molecule has 1 aliphatic rings. The predicted molar refractivity (Wildman–Crippen MR) is 112 cm³/mol. The number of carbonyl (C=O) groups is 2. The van der Waals surface area contributed by atoms with Gasteiger partial charge in [0.05, 0.1) is 12.2 Å². The van der Waals surface area contributed by atoms with Gasteiger partial charge in [0.15, 0.2) is 0 Å². The summed E-state index contributed by atoms with van der Waals surface area (Å²) in [5.41, 5.74) is 2.43. The highest BCUT2D eigenvalue weighted by Crippen LogP contribution is 2.30. The summed E-state index contributed by atoms with van der Waals surface area (Å²) >= 11 is 3.42. The molecule has 7 heteroatoms. The first-order valence-electron chi connectivity index (χ1n) is 8.96. The summed E-state index contributed by atoms with van der Waals surface area (Å²) in [5.74, 6) is -0.00673. The molecule has 1 unspecified atom stereocenters. The normalized spacial score (nSPS) is 16.4. The lowest BCUT2D eigenvalue weighted by atomic mass is 10.1. The SMILES string of the molecule is Cn1cnc(-c2ccccc2)c1NC(=O)C1CC(=O)N(c2cccc(Br)c2)C1. The van der Waals surface area contributed by atoms with Crippen molar-refractivity contribution in [2.45, 2.75) is 6.42 Å². The molecule has 142 valence electrons. The zero-order valence-corrected chi connectivity index (χ0v) is 16.9. The summed E-state index contributed by atoms with van der Waals surface area (Å²) in [7, 11) is 1.84. The van der Waals surface area contributed by atoms with Crippen LogP contribution in [0.15, 0.2) is 65.4 Å². The van der Waals surface area contributed by atoms with Crippen LogP contribution in [0.3, 0.4) is 0 Å². The molecule has 0 bridgehead atoms. The van der Waals surface area contributed by atoms with Crippen LogP contribution in [0.5, 0.6) is 0 Å². The average molecular weight is 439 g/mol. The van der Waals surface area contributed by atoms with Gasteiger partial charge in [-0.3, -0.25) is 9.59 Å². The van der Waals surface area contributed by atoms with E-state index in [4.69, 9.17) is 0 Å². The number of carbonyl (C=O) groups excluding carboxylic acids is 2. The number of aromatic nitrogens is 2. The smallest absolute Gasteiger partial charge is 0.230 e. The van der Waals surface area contributed by atoms with Crippen molar-refractivity contribution in [1.29, 1.82) is 0 Å². The third-order valence-corrected chi connectivity index (χ3v) is 5.33. The maximum atomic E-state index is 12.9. The second kappa shape index (κ2) is 7.59. The molecule has 2 amide bonds. The number of hydrogen-bond acceptors (Lipinski definition) is 3. The number of benzene rings is 2. The summed E-state index contributed by atoms with van der Waals surface area (Å²) in [5, 5.41) is 2.98. The van der Waals surface area contributed by atoms with E-state index >= 15 is 0 Å². The molecule has 0 radical (unpaired) electrons. The van der Waals surface area contributed by atoms with Crippen molar-refractivity contribution in [3.05, 3.63) is 65.4 Å². The third kappa shape index (κ3) is 3.57. The van der Waals surface area contributed by atoms with Gasteiger partial charge in [0.25, 0.3) is 0 Å². The van der Waals surface area contributed by atoms with Gasteiger partial charge in [-0.1, -0.05) is 52.3 Å².